The van der Waals surface area contributed by atoms with Gasteiger partial charge in [0.25, 0.3) is 10.0 Å². The molecule has 0 bridgehead atoms. The molecule has 0 aromatic carbocycles. The SMILES string of the molecule is CN(C1CCCCCC1)S(=O)(=O)c1ccc(C(=O)O)s1. The zero-order valence-corrected chi connectivity index (χ0v) is 13.0. The Hall–Kier alpha value is -0.920. The van der Waals surface area contributed by atoms with Gasteiger partial charge in [0.1, 0.15) is 9.09 Å². The molecule has 0 saturated heterocycles. The lowest BCUT2D eigenvalue weighted by molar-refractivity contribution is 0.0702. The van der Waals surface area contributed by atoms with Crippen molar-refractivity contribution in [2.24, 2.45) is 0 Å². The molecule has 20 heavy (non-hydrogen) atoms. The fourth-order valence-electron chi connectivity index (χ4n) is 2.53. The van der Waals surface area contributed by atoms with Crippen LogP contribution in [0.2, 0.25) is 0 Å². The fraction of sp³-hybridized carbons (Fsp3) is 0.615. The van der Waals surface area contributed by atoms with E-state index in [9.17, 15) is 13.2 Å². The Kier molecular flexibility index (Phi) is 4.82. The lowest BCUT2D eigenvalue weighted by Gasteiger charge is -2.25. The summed E-state index contributed by atoms with van der Waals surface area (Å²) in [6, 6.07) is 2.76. The Morgan fingerprint density at radius 2 is 1.85 bits per heavy atom. The van der Waals surface area contributed by atoms with Gasteiger partial charge in [-0.15, -0.1) is 11.3 Å². The molecule has 5 nitrogen and oxygen atoms in total. The summed E-state index contributed by atoms with van der Waals surface area (Å²) in [7, 11) is -1.98. The first-order chi connectivity index (χ1) is 9.43. The van der Waals surface area contributed by atoms with Gasteiger partial charge < -0.3 is 5.11 Å². The predicted octanol–water partition coefficient (Wildman–Crippen LogP) is 2.79. The zero-order chi connectivity index (χ0) is 14.8. The smallest absolute Gasteiger partial charge is 0.345 e. The molecule has 1 aliphatic carbocycles. The molecular formula is C13H19NO4S2. The molecule has 7 heteroatoms. The van der Waals surface area contributed by atoms with E-state index >= 15 is 0 Å². The van der Waals surface area contributed by atoms with Crippen LogP contribution in [0.15, 0.2) is 16.3 Å². The van der Waals surface area contributed by atoms with Gasteiger partial charge in [-0.1, -0.05) is 25.7 Å². The number of thiophene rings is 1. The van der Waals surface area contributed by atoms with Crippen LogP contribution in [0, 0.1) is 0 Å². The summed E-state index contributed by atoms with van der Waals surface area (Å²) in [5.41, 5.74) is 0. The van der Waals surface area contributed by atoms with Gasteiger partial charge in [0.15, 0.2) is 0 Å². The predicted molar refractivity (Wildman–Crippen MR) is 77.7 cm³/mol. The number of sulfonamides is 1. The molecule has 0 unspecified atom stereocenters. The Balaban J connectivity index is 2.21. The summed E-state index contributed by atoms with van der Waals surface area (Å²) in [5.74, 6) is -1.09. The molecule has 0 radical (unpaired) electrons. The first kappa shape index (κ1) is 15.5. The van der Waals surface area contributed by atoms with E-state index in [1.165, 1.54) is 16.4 Å². The number of hydrogen-bond donors (Lipinski definition) is 1. The normalized spacial score (nSPS) is 18.1. The number of aromatic carboxylic acids is 1. The van der Waals surface area contributed by atoms with E-state index in [2.05, 4.69) is 0 Å². The Labute approximate surface area is 123 Å². The summed E-state index contributed by atoms with van der Waals surface area (Å²) in [6.07, 6.45) is 6.18. The van der Waals surface area contributed by atoms with Gasteiger partial charge in [0.2, 0.25) is 0 Å². The topological polar surface area (TPSA) is 74.7 Å². The highest BCUT2D eigenvalue weighted by molar-refractivity contribution is 7.91. The molecule has 1 saturated carbocycles. The molecule has 1 aromatic heterocycles. The number of nitrogens with zero attached hydrogens (tertiary/aromatic N) is 1. The second-order valence-electron chi connectivity index (χ2n) is 5.09. The summed E-state index contributed by atoms with van der Waals surface area (Å²) < 4.78 is 26.6. The average molecular weight is 317 g/mol. The van der Waals surface area contributed by atoms with Gasteiger partial charge >= 0.3 is 5.97 Å². The minimum Gasteiger partial charge on any atom is -0.477 e. The van der Waals surface area contributed by atoms with Crippen molar-refractivity contribution in [1.29, 1.82) is 0 Å². The minimum absolute atomic E-state index is 0.0258. The van der Waals surface area contributed by atoms with Crippen molar-refractivity contribution in [3.63, 3.8) is 0 Å². The van der Waals surface area contributed by atoms with Crippen molar-refractivity contribution in [1.82, 2.24) is 4.31 Å². The van der Waals surface area contributed by atoms with Crippen LogP contribution in [0.25, 0.3) is 0 Å². The van der Waals surface area contributed by atoms with Crippen LogP contribution in [-0.2, 0) is 10.0 Å². The minimum atomic E-state index is -3.58. The van der Waals surface area contributed by atoms with Crippen LogP contribution in [0.5, 0.6) is 0 Å². The third-order valence-electron chi connectivity index (χ3n) is 3.76. The summed E-state index contributed by atoms with van der Waals surface area (Å²) in [6.45, 7) is 0. The highest BCUT2D eigenvalue weighted by Crippen LogP contribution is 2.29. The summed E-state index contributed by atoms with van der Waals surface area (Å²) >= 11 is 0.816. The third-order valence-corrected chi connectivity index (χ3v) is 7.22. The van der Waals surface area contributed by atoms with E-state index in [1.807, 2.05) is 0 Å². The molecule has 0 atom stereocenters. The van der Waals surface area contributed by atoms with E-state index in [0.29, 0.717) is 0 Å². The van der Waals surface area contributed by atoms with E-state index in [-0.39, 0.29) is 15.1 Å². The van der Waals surface area contributed by atoms with Crippen molar-refractivity contribution in [3.8, 4) is 0 Å². The van der Waals surface area contributed by atoms with Gasteiger partial charge in [-0.25, -0.2) is 13.2 Å². The van der Waals surface area contributed by atoms with Crippen molar-refractivity contribution < 1.29 is 18.3 Å². The Bertz CT molecular complexity index is 571. The lowest BCUT2D eigenvalue weighted by atomic mass is 10.1. The quantitative estimate of drug-likeness (QED) is 0.867. The van der Waals surface area contributed by atoms with Gasteiger partial charge in [-0.05, 0) is 25.0 Å². The van der Waals surface area contributed by atoms with E-state index in [0.717, 1.165) is 49.9 Å². The van der Waals surface area contributed by atoms with Crippen LogP contribution in [0.1, 0.15) is 48.2 Å². The molecule has 0 aliphatic heterocycles. The molecular weight excluding hydrogens is 298 g/mol. The van der Waals surface area contributed by atoms with Gasteiger partial charge in [0.05, 0.1) is 0 Å². The van der Waals surface area contributed by atoms with Gasteiger partial charge in [-0.2, -0.15) is 4.31 Å². The molecule has 1 heterocycles. The number of carboxylic acids is 1. The molecule has 112 valence electrons. The molecule has 1 aliphatic rings. The molecule has 1 fully saturated rings. The largest absolute Gasteiger partial charge is 0.477 e. The highest BCUT2D eigenvalue weighted by atomic mass is 32.2. The number of rotatable bonds is 4. The third kappa shape index (κ3) is 3.21. The van der Waals surface area contributed by atoms with Crippen LogP contribution >= 0.6 is 11.3 Å². The second-order valence-corrected chi connectivity index (χ2v) is 8.40. The first-order valence-corrected chi connectivity index (χ1v) is 9.00. The van der Waals surface area contributed by atoms with E-state index in [4.69, 9.17) is 5.11 Å². The number of carbonyl (C=O) groups is 1. The van der Waals surface area contributed by atoms with E-state index in [1.54, 1.807) is 7.05 Å². The summed E-state index contributed by atoms with van der Waals surface area (Å²) in [5, 5.41) is 8.89. The molecule has 0 amide bonds. The molecule has 0 spiro atoms. The standard InChI is InChI=1S/C13H19NO4S2/c1-14(10-6-4-2-3-5-7-10)20(17,18)12-9-8-11(19-12)13(15)16/h8-10H,2-7H2,1H3,(H,15,16). The van der Waals surface area contributed by atoms with E-state index < -0.39 is 16.0 Å². The number of hydrogen-bond acceptors (Lipinski definition) is 4. The Morgan fingerprint density at radius 3 is 2.35 bits per heavy atom. The molecule has 2 rings (SSSR count). The van der Waals surface area contributed by atoms with Crippen LogP contribution in [0.4, 0.5) is 0 Å². The fourth-order valence-corrected chi connectivity index (χ4v) is 5.28. The maximum absolute atomic E-state index is 12.5. The molecule has 1 aromatic rings. The van der Waals surface area contributed by atoms with Gasteiger partial charge in [0, 0.05) is 13.1 Å². The van der Waals surface area contributed by atoms with Gasteiger partial charge in [-0.3, -0.25) is 0 Å². The molecule has 1 N–H and O–H groups in total. The zero-order valence-electron chi connectivity index (χ0n) is 11.4. The van der Waals surface area contributed by atoms with Crippen molar-refractivity contribution in [2.75, 3.05) is 7.05 Å². The van der Waals surface area contributed by atoms with Crippen molar-refractivity contribution >= 4 is 27.3 Å². The maximum atomic E-state index is 12.5. The highest BCUT2D eigenvalue weighted by Gasteiger charge is 2.30. The first-order valence-electron chi connectivity index (χ1n) is 6.74. The lowest BCUT2D eigenvalue weighted by Crippen LogP contribution is -2.36. The van der Waals surface area contributed by atoms with Crippen molar-refractivity contribution in [2.45, 2.75) is 48.8 Å². The van der Waals surface area contributed by atoms with Crippen LogP contribution in [-0.4, -0.2) is 36.9 Å². The monoisotopic (exact) mass is 317 g/mol. The summed E-state index contributed by atoms with van der Waals surface area (Å²) in [4.78, 5) is 10.9. The second kappa shape index (κ2) is 6.24. The maximum Gasteiger partial charge on any atom is 0.345 e. The number of carboxylic acid groups (broad SMARTS) is 1. The van der Waals surface area contributed by atoms with Crippen LogP contribution in [0.3, 0.4) is 0 Å². The Morgan fingerprint density at radius 1 is 1.25 bits per heavy atom. The van der Waals surface area contributed by atoms with Crippen LogP contribution < -0.4 is 0 Å². The van der Waals surface area contributed by atoms with Crippen molar-refractivity contribution in [3.05, 3.63) is 17.0 Å². The average Bonchev–Trinajstić information content (AvgIpc) is 2.76.